The molecule has 0 saturated carbocycles. The van der Waals surface area contributed by atoms with E-state index in [4.69, 9.17) is 0 Å². The number of sulfonamides is 1. The van der Waals surface area contributed by atoms with Crippen LogP contribution in [-0.4, -0.2) is 8.42 Å². The highest BCUT2D eigenvalue weighted by atomic mass is 79.9. The van der Waals surface area contributed by atoms with E-state index in [0.29, 0.717) is 12.1 Å². The highest BCUT2D eigenvalue weighted by Crippen LogP contribution is 2.35. The Labute approximate surface area is 150 Å². The number of rotatable bonds is 3. The van der Waals surface area contributed by atoms with Gasteiger partial charge in [-0.3, -0.25) is 4.72 Å². The third-order valence-corrected chi connectivity index (χ3v) is 6.01. The Morgan fingerprint density at radius 2 is 1.50 bits per heavy atom. The molecule has 0 saturated heterocycles. The molecule has 24 heavy (non-hydrogen) atoms. The second-order valence-corrected chi connectivity index (χ2v) is 7.82. The molecule has 0 amide bonds. The Morgan fingerprint density at radius 1 is 0.958 bits per heavy atom. The van der Waals surface area contributed by atoms with Crippen molar-refractivity contribution in [3.8, 4) is 0 Å². The van der Waals surface area contributed by atoms with Gasteiger partial charge in [0, 0.05) is 14.6 Å². The molecule has 0 atom stereocenters. The zero-order valence-corrected chi connectivity index (χ0v) is 15.2. The average Bonchev–Trinajstić information content (AvgIpc) is 2.37. The Balaban J connectivity index is 2.48. The summed E-state index contributed by atoms with van der Waals surface area (Å²) >= 11 is 5.75. The van der Waals surface area contributed by atoms with Crippen molar-refractivity contribution < 1.29 is 30.4 Å². The predicted octanol–water partition coefficient (Wildman–Crippen LogP) is 5.31. The molecule has 0 unspecified atom stereocenters. The fourth-order valence-electron chi connectivity index (χ4n) is 1.80. The maximum atomic E-state index is 13.2. The molecule has 0 radical (unpaired) electrons. The summed E-state index contributed by atoms with van der Waals surface area (Å²) in [5, 5.41) is 0. The maximum Gasteiger partial charge on any atom is 0.419 e. The van der Waals surface area contributed by atoms with Gasteiger partial charge in [0.25, 0.3) is 10.0 Å². The minimum absolute atomic E-state index is 0.139. The van der Waals surface area contributed by atoms with Crippen molar-refractivity contribution in [3.05, 3.63) is 56.5 Å². The van der Waals surface area contributed by atoms with Gasteiger partial charge in [-0.25, -0.2) is 17.2 Å². The summed E-state index contributed by atoms with van der Waals surface area (Å²) in [5.41, 5.74) is -2.10. The van der Waals surface area contributed by atoms with E-state index in [2.05, 4.69) is 31.9 Å². The average molecular weight is 495 g/mol. The molecule has 0 bridgehead atoms. The van der Waals surface area contributed by atoms with Crippen molar-refractivity contribution in [1.82, 2.24) is 0 Å². The van der Waals surface area contributed by atoms with Crippen molar-refractivity contribution in [2.75, 3.05) is 4.72 Å². The number of hydrogen-bond donors (Lipinski definition) is 1. The van der Waals surface area contributed by atoms with Crippen molar-refractivity contribution in [3.63, 3.8) is 0 Å². The second-order valence-electron chi connectivity index (χ2n) is 4.50. The summed E-state index contributed by atoms with van der Waals surface area (Å²) in [6.07, 6.45) is -4.98. The van der Waals surface area contributed by atoms with Crippen molar-refractivity contribution in [2.24, 2.45) is 0 Å². The smallest absolute Gasteiger partial charge is 0.280 e. The molecular formula is C13H6Br2F5NO2S. The van der Waals surface area contributed by atoms with E-state index in [9.17, 15) is 30.4 Å². The Morgan fingerprint density at radius 3 is 2.00 bits per heavy atom. The first-order valence-electron chi connectivity index (χ1n) is 5.96. The molecule has 2 aromatic carbocycles. The maximum absolute atomic E-state index is 13.2. The second kappa shape index (κ2) is 6.60. The monoisotopic (exact) mass is 493 g/mol. The summed E-state index contributed by atoms with van der Waals surface area (Å²) in [4.78, 5) is -0.415. The lowest BCUT2D eigenvalue weighted by Crippen LogP contribution is -2.16. The first-order valence-corrected chi connectivity index (χ1v) is 9.03. The van der Waals surface area contributed by atoms with E-state index in [1.165, 1.54) is 0 Å². The standard InChI is InChI=1S/C13H6Br2F5NO2S/c14-9-3-6(16)4-10(15)12(9)24(22,23)21-7-1-2-11(17)8(5-7)13(18,19)20/h1-5,21H. The molecule has 11 heteroatoms. The van der Waals surface area contributed by atoms with Gasteiger partial charge < -0.3 is 0 Å². The quantitative estimate of drug-likeness (QED) is 0.588. The molecule has 0 aliphatic heterocycles. The van der Waals surface area contributed by atoms with E-state index < -0.39 is 44.0 Å². The van der Waals surface area contributed by atoms with Crippen LogP contribution in [0.4, 0.5) is 27.6 Å². The fourth-order valence-corrected chi connectivity index (χ4v) is 5.38. The molecule has 0 aliphatic carbocycles. The van der Waals surface area contributed by atoms with Gasteiger partial charge in [-0.2, -0.15) is 13.2 Å². The molecule has 0 spiro atoms. The lowest BCUT2D eigenvalue weighted by molar-refractivity contribution is -0.139. The zero-order chi connectivity index (χ0) is 18.3. The topological polar surface area (TPSA) is 46.2 Å². The van der Waals surface area contributed by atoms with Crippen LogP contribution in [0.1, 0.15) is 5.56 Å². The molecule has 3 nitrogen and oxygen atoms in total. The zero-order valence-electron chi connectivity index (χ0n) is 11.3. The fraction of sp³-hybridized carbons (Fsp3) is 0.0769. The summed E-state index contributed by atoms with van der Waals surface area (Å²) in [7, 11) is -4.37. The summed E-state index contributed by atoms with van der Waals surface area (Å²) in [5.74, 6) is -2.26. The van der Waals surface area contributed by atoms with Crippen molar-refractivity contribution >= 4 is 47.6 Å². The van der Waals surface area contributed by atoms with Gasteiger partial charge in [0.05, 0.1) is 5.56 Å². The summed E-state index contributed by atoms with van der Waals surface area (Å²) < 4.78 is 90.8. The molecule has 0 fully saturated rings. The Bertz CT molecular complexity index is 877. The van der Waals surface area contributed by atoms with E-state index >= 15 is 0 Å². The van der Waals surface area contributed by atoms with Gasteiger partial charge in [0.2, 0.25) is 0 Å². The molecule has 0 aromatic heterocycles. The van der Waals surface area contributed by atoms with Gasteiger partial charge in [0.15, 0.2) is 0 Å². The van der Waals surface area contributed by atoms with Crippen LogP contribution in [0.5, 0.6) is 0 Å². The third-order valence-electron chi connectivity index (χ3n) is 2.76. The number of anilines is 1. The lowest BCUT2D eigenvalue weighted by atomic mass is 10.2. The van der Waals surface area contributed by atoms with Crippen LogP contribution in [0.2, 0.25) is 0 Å². The minimum atomic E-state index is -4.98. The highest BCUT2D eigenvalue weighted by molar-refractivity contribution is 9.11. The molecular weight excluding hydrogens is 489 g/mol. The largest absolute Gasteiger partial charge is 0.419 e. The van der Waals surface area contributed by atoms with Gasteiger partial charge in [-0.05, 0) is 62.2 Å². The molecule has 2 rings (SSSR count). The molecule has 2 aromatic rings. The number of halogens is 7. The number of alkyl halides is 3. The molecule has 0 aliphatic rings. The first-order chi connectivity index (χ1) is 10.9. The van der Waals surface area contributed by atoms with Crippen LogP contribution < -0.4 is 4.72 Å². The summed E-state index contributed by atoms with van der Waals surface area (Å²) in [6.45, 7) is 0. The van der Waals surface area contributed by atoms with Crippen molar-refractivity contribution in [2.45, 2.75) is 11.1 Å². The van der Waals surface area contributed by atoms with Crippen LogP contribution in [-0.2, 0) is 16.2 Å². The minimum Gasteiger partial charge on any atom is -0.280 e. The van der Waals surface area contributed by atoms with Gasteiger partial charge in [0.1, 0.15) is 16.5 Å². The number of hydrogen-bond acceptors (Lipinski definition) is 2. The normalized spacial score (nSPS) is 12.3. The van der Waals surface area contributed by atoms with E-state index in [0.717, 1.165) is 18.2 Å². The SMILES string of the molecule is O=S(=O)(Nc1ccc(F)c(C(F)(F)F)c1)c1c(Br)cc(F)cc1Br. The third kappa shape index (κ3) is 4.06. The van der Waals surface area contributed by atoms with Crippen LogP contribution >= 0.6 is 31.9 Å². The Kier molecular flexibility index (Phi) is 5.26. The predicted molar refractivity (Wildman–Crippen MR) is 84.0 cm³/mol. The van der Waals surface area contributed by atoms with E-state index in [-0.39, 0.29) is 8.95 Å². The van der Waals surface area contributed by atoms with Gasteiger partial charge in [-0.15, -0.1) is 0 Å². The van der Waals surface area contributed by atoms with Crippen LogP contribution in [0.3, 0.4) is 0 Å². The van der Waals surface area contributed by atoms with E-state index in [1.54, 1.807) is 0 Å². The first kappa shape index (κ1) is 19.1. The molecule has 1 N–H and O–H groups in total. The van der Waals surface area contributed by atoms with Crippen LogP contribution in [0.25, 0.3) is 0 Å². The highest BCUT2D eigenvalue weighted by Gasteiger charge is 2.34. The molecule has 0 heterocycles. The summed E-state index contributed by atoms with van der Waals surface area (Å²) in [6, 6.07) is 3.43. The van der Waals surface area contributed by atoms with E-state index in [1.807, 2.05) is 4.72 Å². The number of benzene rings is 2. The van der Waals surface area contributed by atoms with Crippen LogP contribution in [0, 0.1) is 11.6 Å². The van der Waals surface area contributed by atoms with Gasteiger partial charge >= 0.3 is 6.18 Å². The Hall–Kier alpha value is -1.20. The van der Waals surface area contributed by atoms with Gasteiger partial charge in [-0.1, -0.05) is 0 Å². The number of nitrogens with one attached hydrogen (secondary N) is 1. The molecule has 130 valence electrons. The van der Waals surface area contributed by atoms with Crippen molar-refractivity contribution in [1.29, 1.82) is 0 Å². The lowest BCUT2D eigenvalue weighted by Gasteiger charge is -2.14. The van der Waals surface area contributed by atoms with Crippen LogP contribution in [0.15, 0.2) is 44.2 Å².